The number of carbonyl (C=O) groups excluding carboxylic acids is 3. The van der Waals surface area contributed by atoms with Crippen LogP contribution in [0, 0.1) is 0 Å². The lowest BCUT2D eigenvalue weighted by Crippen LogP contribution is -2.53. The lowest BCUT2D eigenvalue weighted by molar-refractivity contribution is -0.148. The first-order chi connectivity index (χ1) is 27.3. The SMILES string of the molecule is C=CCC(OC(C)=O)[C@@H]1[C@@H](N(Cc2cc3ccccc3o2)C(=O)Cc2ccc(OC)cc2)c2cc(OCCCO)ccc2N1C(=O)c1ccc2ccccc2n1. The van der Waals surface area contributed by atoms with Crippen molar-refractivity contribution in [2.45, 2.75) is 50.9 Å². The lowest BCUT2D eigenvalue weighted by atomic mass is 9.94. The molecule has 7 rings (SSSR count). The van der Waals surface area contributed by atoms with Gasteiger partial charge in [0.2, 0.25) is 5.91 Å². The number of fused-ring (bicyclic) bond motifs is 3. The Morgan fingerprint density at radius 2 is 1.70 bits per heavy atom. The Balaban J connectivity index is 1.42. The van der Waals surface area contributed by atoms with E-state index >= 15 is 4.79 Å². The van der Waals surface area contributed by atoms with Gasteiger partial charge in [-0.1, -0.05) is 60.7 Å². The second kappa shape index (κ2) is 16.9. The van der Waals surface area contributed by atoms with Crippen LogP contribution in [0.25, 0.3) is 21.9 Å². The summed E-state index contributed by atoms with van der Waals surface area (Å²) in [6, 6.07) is 31.3. The normalized spacial score (nSPS) is 15.3. The van der Waals surface area contributed by atoms with Crippen LogP contribution < -0.4 is 14.4 Å². The summed E-state index contributed by atoms with van der Waals surface area (Å²) < 4.78 is 23.8. The second-order valence-corrected chi connectivity index (χ2v) is 13.6. The van der Waals surface area contributed by atoms with Gasteiger partial charge in [0, 0.05) is 42.7 Å². The molecule has 1 aliphatic heterocycles. The zero-order valence-corrected chi connectivity index (χ0v) is 31.3. The average molecular weight is 754 g/mol. The quantitative estimate of drug-likeness (QED) is 0.0640. The number of aliphatic hydroxyl groups excluding tert-OH is 1. The van der Waals surface area contributed by atoms with Gasteiger partial charge in [-0.2, -0.15) is 0 Å². The molecule has 0 spiro atoms. The molecule has 3 atom stereocenters. The van der Waals surface area contributed by atoms with Crippen molar-refractivity contribution in [3.63, 3.8) is 0 Å². The summed E-state index contributed by atoms with van der Waals surface area (Å²) in [6.45, 7) is 5.50. The molecule has 56 heavy (non-hydrogen) atoms. The molecule has 1 unspecified atom stereocenters. The molecule has 1 N–H and O–H groups in total. The molecule has 286 valence electrons. The number of hydrogen-bond donors (Lipinski definition) is 1. The molecule has 0 bridgehead atoms. The highest BCUT2D eigenvalue weighted by Crippen LogP contribution is 2.48. The van der Waals surface area contributed by atoms with Crippen LogP contribution in [-0.2, 0) is 27.3 Å². The fourth-order valence-corrected chi connectivity index (χ4v) is 7.37. The number of rotatable bonds is 15. The van der Waals surface area contributed by atoms with Gasteiger partial charge in [-0.3, -0.25) is 19.3 Å². The molecule has 3 heterocycles. The van der Waals surface area contributed by atoms with E-state index in [2.05, 4.69) is 6.58 Å². The number of amides is 2. The third-order valence-electron chi connectivity index (χ3n) is 9.88. The van der Waals surface area contributed by atoms with Crippen molar-refractivity contribution in [3.8, 4) is 11.5 Å². The number of furan rings is 1. The van der Waals surface area contributed by atoms with E-state index < -0.39 is 30.1 Å². The molecular weight excluding hydrogens is 711 g/mol. The first kappa shape index (κ1) is 37.8. The average Bonchev–Trinajstić information content (AvgIpc) is 3.78. The number of para-hydroxylation sites is 2. The van der Waals surface area contributed by atoms with E-state index in [1.165, 1.54) is 6.92 Å². The summed E-state index contributed by atoms with van der Waals surface area (Å²) in [6.07, 6.45) is 1.30. The Morgan fingerprint density at radius 3 is 2.43 bits per heavy atom. The van der Waals surface area contributed by atoms with Gasteiger partial charge < -0.3 is 28.6 Å². The standard InChI is InChI=1S/C45H43N3O8/c1-4-10-41(55-29(2)50)44-43(47(28-35-26-32-12-6-8-14-40(32)56-35)42(51)25-30-15-18-33(53-3)19-16-30)36-27-34(54-24-9-23-49)20-22-39(36)48(44)45(52)38-21-17-31-11-5-7-13-37(31)46-38/h4-8,11-22,26-27,41,43-44,49H,1,9-10,23-25,28H2,2-3H3/t41?,43-,44+/m0/s1. The number of nitrogens with zero attached hydrogens (tertiary/aromatic N) is 3. The molecule has 11 heteroatoms. The zero-order chi connectivity index (χ0) is 39.2. The van der Waals surface area contributed by atoms with Crippen LogP contribution in [-0.4, -0.2) is 65.2 Å². The number of anilines is 1. The van der Waals surface area contributed by atoms with Gasteiger partial charge in [0.15, 0.2) is 0 Å². The fraction of sp³-hybridized carbons (Fsp3) is 0.244. The second-order valence-electron chi connectivity index (χ2n) is 13.6. The molecule has 4 aromatic carbocycles. The topological polar surface area (TPSA) is 132 Å². The molecule has 0 saturated carbocycles. The maximum atomic E-state index is 15.0. The van der Waals surface area contributed by atoms with Gasteiger partial charge in [0.1, 0.15) is 34.6 Å². The first-order valence-corrected chi connectivity index (χ1v) is 18.5. The molecule has 1 aliphatic rings. The molecule has 11 nitrogen and oxygen atoms in total. The van der Waals surface area contributed by atoms with E-state index in [9.17, 15) is 14.7 Å². The predicted molar refractivity (Wildman–Crippen MR) is 213 cm³/mol. The Bertz CT molecular complexity index is 2340. The van der Waals surface area contributed by atoms with Crippen molar-refractivity contribution in [1.82, 2.24) is 9.88 Å². The van der Waals surface area contributed by atoms with E-state index in [-0.39, 0.29) is 44.2 Å². The van der Waals surface area contributed by atoms with E-state index in [1.807, 2.05) is 78.9 Å². The number of ether oxygens (including phenoxy) is 3. The molecule has 2 aromatic heterocycles. The minimum Gasteiger partial charge on any atom is -0.497 e. The smallest absolute Gasteiger partial charge is 0.302 e. The number of methoxy groups -OCH3 is 1. The summed E-state index contributed by atoms with van der Waals surface area (Å²) in [5.74, 6) is 0.414. The largest absolute Gasteiger partial charge is 0.497 e. The van der Waals surface area contributed by atoms with E-state index in [0.717, 1.165) is 16.3 Å². The van der Waals surface area contributed by atoms with Gasteiger partial charge in [-0.25, -0.2) is 4.98 Å². The first-order valence-electron chi connectivity index (χ1n) is 18.5. The molecule has 0 aliphatic carbocycles. The van der Waals surface area contributed by atoms with Crippen LogP contribution in [0.3, 0.4) is 0 Å². The van der Waals surface area contributed by atoms with Crippen LogP contribution >= 0.6 is 0 Å². The molecule has 6 aromatic rings. The number of hydrogen-bond acceptors (Lipinski definition) is 9. The monoisotopic (exact) mass is 753 g/mol. The van der Waals surface area contributed by atoms with Crippen molar-refractivity contribution in [3.05, 3.63) is 144 Å². The number of aromatic nitrogens is 1. The van der Waals surface area contributed by atoms with Gasteiger partial charge >= 0.3 is 5.97 Å². The van der Waals surface area contributed by atoms with Crippen molar-refractivity contribution >= 4 is 45.3 Å². The maximum absolute atomic E-state index is 15.0. The Hall–Kier alpha value is -6.46. The van der Waals surface area contributed by atoms with Crippen molar-refractivity contribution < 1.29 is 38.1 Å². The maximum Gasteiger partial charge on any atom is 0.302 e. The highest BCUT2D eigenvalue weighted by Gasteiger charge is 2.51. The van der Waals surface area contributed by atoms with E-state index in [4.69, 9.17) is 23.6 Å². The summed E-state index contributed by atoms with van der Waals surface area (Å²) in [4.78, 5) is 50.9. The number of benzene rings is 4. The highest BCUT2D eigenvalue weighted by molar-refractivity contribution is 6.08. The van der Waals surface area contributed by atoms with Crippen LogP contribution in [0.15, 0.2) is 126 Å². The lowest BCUT2D eigenvalue weighted by Gasteiger charge is -2.39. The summed E-state index contributed by atoms with van der Waals surface area (Å²) in [5.41, 5.74) is 3.34. The van der Waals surface area contributed by atoms with Crippen LogP contribution in [0.1, 0.15) is 53.2 Å². The van der Waals surface area contributed by atoms with Crippen molar-refractivity contribution in [2.75, 3.05) is 25.2 Å². The van der Waals surface area contributed by atoms with Crippen molar-refractivity contribution in [1.29, 1.82) is 0 Å². The third kappa shape index (κ3) is 7.99. The van der Waals surface area contributed by atoms with Crippen LogP contribution in [0.2, 0.25) is 0 Å². The minimum absolute atomic E-state index is 0.00926. The number of carbonyl (C=O) groups is 3. The fourth-order valence-electron chi connectivity index (χ4n) is 7.37. The van der Waals surface area contributed by atoms with Gasteiger partial charge in [0.25, 0.3) is 5.91 Å². The Labute approximate surface area is 324 Å². The molecule has 0 radical (unpaired) electrons. The van der Waals surface area contributed by atoms with Crippen molar-refractivity contribution in [2.24, 2.45) is 0 Å². The summed E-state index contributed by atoms with van der Waals surface area (Å²) >= 11 is 0. The molecular formula is C45H43N3O8. The van der Waals surface area contributed by atoms with Gasteiger partial charge in [-0.15, -0.1) is 6.58 Å². The van der Waals surface area contributed by atoms with E-state index in [1.54, 1.807) is 53.3 Å². The Morgan fingerprint density at radius 1 is 0.946 bits per heavy atom. The molecule has 2 amide bonds. The van der Waals surface area contributed by atoms with Gasteiger partial charge in [-0.05, 0) is 60.2 Å². The predicted octanol–water partition coefficient (Wildman–Crippen LogP) is 7.60. The molecule has 0 fully saturated rings. The third-order valence-corrected chi connectivity index (χ3v) is 9.88. The van der Waals surface area contributed by atoms with Crippen LogP contribution in [0.4, 0.5) is 5.69 Å². The number of pyridine rings is 1. The number of aliphatic hydroxyl groups is 1. The number of esters is 1. The van der Waals surface area contributed by atoms with Gasteiger partial charge in [0.05, 0.1) is 50.0 Å². The highest BCUT2D eigenvalue weighted by atomic mass is 16.5. The summed E-state index contributed by atoms with van der Waals surface area (Å²) in [5, 5.41) is 11.2. The Kier molecular flexibility index (Phi) is 11.4. The minimum atomic E-state index is -0.940. The zero-order valence-electron chi connectivity index (χ0n) is 31.3. The summed E-state index contributed by atoms with van der Waals surface area (Å²) in [7, 11) is 1.58. The van der Waals surface area contributed by atoms with E-state index in [0.29, 0.717) is 46.0 Å². The van der Waals surface area contributed by atoms with Crippen LogP contribution in [0.5, 0.6) is 11.5 Å². The molecule has 0 saturated heterocycles.